The number of furan rings is 1. The van der Waals surface area contributed by atoms with E-state index in [0.717, 1.165) is 44.5 Å². The predicted octanol–water partition coefficient (Wildman–Crippen LogP) is 1.76. The number of rotatable bonds is 3. The van der Waals surface area contributed by atoms with Gasteiger partial charge in [0.1, 0.15) is 12.2 Å². The lowest BCUT2D eigenvalue weighted by Crippen LogP contribution is -2.49. The number of nitrogens with zero attached hydrogens (tertiary/aromatic N) is 4. The van der Waals surface area contributed by atoms with Gasteiger partial charge in [-0.15, -0.1) is 0 Å². The SMILES string of the molecule is O=C(N[C@H]1c2ncnn2CC[C@@]12CCN(C(=O)c1ccco1)C2)C1CCC1. The summed E-state index contributed by atoms with van der Waals surface area (Å²) in [6, 6.07) is 3.21. The third-order valence-corrected chi connectivity index (χ3v) is 6.50. The van der Waals surface area contributed by atoms with Crippen molar-refractivity contribution in [2.24, 2.45) is 11.3 Å². The van der Waals surface area contributed by atoms with Crippen molar-refractivity contribution in [3.05, 3.63) is 36.3 Å². The first-order valence-corrected chi connectivity index (χ1v) is 9.67. The van der Waals surface area contributed by atoms with Crippen LogP contribution in [0.5, 0.6) is 0 Å². The Kier molecular flexibility index (Phi) is 3.80. The minimum Gasteiger partial charge on any atom is -0.459 e. The van der Waals surface area contributed by atoms with Gasteiger partial charge >= 0.3 is 0 Å². The number of likely N-dealkylation sites (tertiary alicyclic amines) is 1. The second-order valence-corrected chi connectivity index (χ2v) is 7.98. The molecule has 0 bridgehead atoms. The Hall–Kier alpha value is -2.64. The maximum absolute atomic E-state index is 12.7. The summed E-state index contributed by atoms with van der Waals surface area (Å²) in [6.45, 7) is 2.01. The number of aryl methyl sites for hydroxylation is 1. The first kappa shape index (κ1) is 16.5. The molecule has 5 rings (SSSR count). The zero-order valence-electron chi connectivity index (χ0n) is 15.1. The van der Waals surface area contributed by atoms with E-state index in [-0.39, 0.29) is 29.2 Å². The number of carbonyl (C=O) groups excluding carboxylic acids is 2. The van der Waals surface area contributed by atoms with Crippen LogP contribution in [0, 0.1) is 11.3 Å². The van der Waals surface area contributed by atoms with Crippen LogP contribution in [0.2, 0.25) is 0 Å². The average Bonchev–Trinajstić information content (AvgIpc) is 3.36. The number of fused-ring (bicyclic) bond motifs is 1. The minimum absolute atomic E-state index is 0.0898. The van der Waals surface area contributed by atoms with Gasteiger partial charge < -0.3 is 14.6 Å². The van der Waals surface area contributed by atoms with Crippen LogP contribution in [-0.2, 0) is 11.3 Å². The van der Waals surface area contributed by atoms with E-state index in [1.165, 1.54) is 6.26 Å². The van der Waals surface area contributed by atoms with Crippen molar-refractivity contribution in [1.29, 1.82) is 0 Å². The average molecular weight is 369 g/mol. The first-order chi connectivity index (χ1) is 13.2. The molecular weight excluding hydrogens is 346 g/mol. The Morgan fingerprint density at radius 2 is 2.11 bits per heavy atom. The summed E-state index contributed by atoms with van der Waals surface area (Å²) in [7, 11) is 0. The Labute approximate surface area is 156 Å². The van der Waals surface area contributed by atoms with Crippen LogP contribution in [0.3, 0.4) is 0 Å². The summed E-state index contributed by atoms with van der Waals surface area (Å²) in [4.78, 5) is 31.7. The summed E-state index contributed by atoms with van der Waals surface area (Å²) in [5.74, 6) is 1.30. The molecule has 27 heavy (non-hydrogen) atoms. The molecule has 8 nitrogen and oxygen atoms in total. The van der Waals surface area contributed by atoms with E-state index < -0.39 is 0 Å². The van der Waals surface area contributed by atoms with Gasteiger partial charge in [-0.2, -0.15) is 5.10 Å². The molecule has 2 aromatic heterocycles. The summed E-state index contributed by atoms with van der Waals surface area (Å²) >= 11 is 0. The predicted molar refractivity (Wildman–Crippen MR) is 94.5 cm³/mol. The Morgan fingerprint density at radius 1 is 1.26 bits per heavy atom. The zero-order chi connectivity index (χ0) is 18.4. The van der Waals surface area contributed by atoms with Gasteiger partial charge in [-0.3, -0.25) is 9.59 Å². The highest BCUT2D eigenvalue weighted by molar-refractivity contribution is 5.91. The maximum Gasteiger partial charge on any atom is 0.289 e. The van der Waals surface area contributed by atoms with Crippen LogP contribution < -0.4 is 5.32 Å². The van der Waals surface area contributed by atoms with E-state index in [2.05, 4.69) is 15.4 Å². The van der Waals surface area contributed by atoms with Gasteiger partial charge in [-0.1, -0.05) is 6.42 Å². The van der Waals surface area contributed by atoms with Gasteiger partial charge in [0.25, 0.3) is 5.91 Å². The van der Waals surface area contributed by atoms with Crippen molar-refractivity contribution in [3.8, 4) is 0 Å². The van der Waals surface area contributed by atoms with E-state index in [4.69, 9.17) is 4.42 Å². The number of aromatic nitrogens is 3. The number of hydrogen-bond donors (Lipinski definition) is 1. The number of hydrogen-bond acceptors (Lipinski definition) is 5. The monoisotopic (exact) mass is 369 g/mol. The Morgan fingerprint density at radius 3 is 2.85 bits per heavy atom. The van der Waals surface area contributed by atoms with Gasteiger partial charge in [0.05, 0.1) is 12.3 Å². The molecule has 0 unspecified atom stereocenters. The van der Waals surface area contributed by atoms with E-state index >= 15 is 0 Å². The third-order valence-electron chi connectivity index (χ3n) is 6.50. The zero-order valence-corrected chi connectivity index (χ0v) is 15.1. The second-order valence-electron chi connectivity index (χ2n) is 7.98. The largest absolute Gasteiger partial charge is 0.459 e. The fourth-order valence-corrected chi connectivity index (χ4v) is 4.63. The molecule has 142 valence electrons. The molecule has 3 aliphatic rings. The van der Waals surface area contributed by atoms with Gasteiger partial charge in [0.15, 0.2) is 5.76 Å². The van der Waals surface area contributed by atoms with Crippen LogP contribution in [0.25, 0.3) is 0 Å². The molecule has 1 N–H and O–H groups in total. The fourth-order valence-electron chi connectivity index (χ4n) is 4.63. The molecule has 8 heteroatoms. The molecule has 4 heterocycles. The van der Waals surface area contributed by atoms with E-state index in [0.29, 0.717) is 18.8 Å². The number of nitrogens with one attached hydrogen (secondary N) is 1. The highest BCUT2D eigenvalue weighted by atomic mass is 16.3. The second kappa shape index (κ2) is 6.21. The van der Waals surface area contributed by atoms with Crippen LogP contribution in [0.1, 0.15) is 54.5 Å². The molecule has 1 aliphatic carbocycles. The first-order valence-electron chi connectivity index (χ1n) is 9.67. The topological polar surface area (TPSA) is 93.3 Å². The lowest BCUT2D eigenvalue weighted by Gasteiger charge is -2.41. The van der Waals surface area contributed by atoms with Crippen molar-refractivity contribution in [2.45, 2.75) is 44.7 Å². The van der Waals surface area contributed by atoms with E-state index in [1.54, 1.807) is 18.5 Å². The normalized spacial score (nSPS) is 27.4. The molecule has 0 aromatic carbocycles. The summed E-state index contributed by atoms with van der Waals surface area (Å²) < 4.78 is 7.17. The molecule has 1 spiro atoms. The molecule has 2 atom stereocenters. The van der Waals surface area contributed by atoms with Gasteiger partial charge in [0, 0.05) is 31.0 Å². The van der Waals surface area contributed by atoms with E-state index in [9.17, 15) is 9.59 Å². The lowest BCUT2D eigenvalue weighted by atomic mass is 9.73. The highest BCUT2D eigenvalue weighted by Crippen LogP contribution is 2.48. The fraction of sp³-hybridized carbons (Fsp3) is 0.579. The Balaban J connectivity index is 1.41. The molecule has 1 saturated heterocycles. The van der Waals surface area contributed by atoms with Gasteiger partial charge in [0.2, 0.25) is 5.91 Å². The van der Waals surface area contributed by atoms with E-state index in [1.807, 2.05) is 9.58 Å². The minimum atomic E-state index is -0.212. The molecule has 1 saturated carbocycles. The van der Waals surface area contributed by atoms with Gasteiger partial charge in [-0.25, -0.2) is 9.67 Å². The van der Waals surface area contributed by atoms with Crippen LogP contribution >= 0.6 is 0 Å². The van der Waals surface area contributed by atoms with Crippen molar-refractivity contribution in [3.63, 3.8) is 0 Å². The van der Waals surface area contributed by atoms with Crippen molar-refractivity contribution >= 4 is 11.8 Å². The standard InChI is InChI=1S/C19H23N5O3/c25-17(13-3-1-4-13)22-15-16-20-12-21-24(16)9-7-19(15)6-8-23(11-19)18(26)14-5-2-10-27-14/h2,5,10,12-13,15H,1,3-4,6-9,11H2,(H,22,25)/t15-,19+/m0/s1. The highest BCUT2D eigenvalue weighted by Gasteiger charge is 2.51. The summed E-state index contributed by atoms with van der Waals surface area (Å²) in [5, 5.41) is 7.57. The third kappa shape index (κ3) is 2.65. The Bertz CT molecular complexity index is 857. The van der Waals surface area contributed by atoms with Crippen LogP contribution in [0.15, 0.2) is 29.1 Å². The lowest BCUT2D eigenvalue weighted by molar-refractivity contribution is -0.129. The summed E-state index contributed by atoms with van der Waals surface area (Å²) in [6.07, 6.45) is 7.81. The quantitative estimate of drug-likeness (QED) is 0.890. The molecular formula is C19H23N5O3. The smallest absolute Gasteiger partial charge is 0.289 e. The van der Waals surface area contributed by atoms with Crippen LogP contribution in [0.4, 0.5) is 0 Å². The maximum atomic E-state index is 12.7. The molecule has 2 fully saturated rings. The molecule has 0 radical (unpaired) electrons. The molecule has 2 aliphatic heterocycles. The van der Waals surface area contributed by atoms with Crippen LogP contribution in [-0.4, -0.2) is 44.6 Å². The van der Waals surface area contributed by atoms with Crippen molar-refractivity contribution < 1.29 is 14.0 Å². The number of carbonyl (C=O) groups is 2. The molecule has 2 amide bonds. The summed E-state index contributed by atoms with van der Waals surface area (Å²) in [5.41, 5.74) is -0.204. The number of amides is 2. The van der Waals surface area contributed by atoms with Crippen molar-refractivity contribution in [1.82, 2.24) is 25.0 Å². The van der Waals surface area contributed by atoms with Crippen molar-refractivity contribution in [2.75, 3.05) is 13.1 Å². The van der Waals surface area contributed by atoms with Gasteiger partial charge in [-0.05, 0) is 37.8 Å². The molecule has 2 aromatic rings.